The lowest BCUT2D eigenvalue weighted by Gasteiger charge is -2.21. The second-order valence-electron chi connectivity index (χ2n) is 4.62. The van der Waals surface area contributed by atoms with Gasteiger partial charge >= 0.3 is 0 Å². The summed E-state index contributed by atoms with van der Waals surface area (Å²) in [5.41, 5.74) is 6.06. The maximum absolute atomic E-state index is 12.5. The molecule has 0 bridgehead atoms. The number of hydrogen-bond acceptors (Lipinski definition) is 3. The van der Waals surface area contributed by atoms with Crippen molar-refractivity contribution < 1.29 is 8.42 Å². The highest BCUT2D eigenvalue weighted by molar-refractivity contribution is 7.89. The van der Waals surface area contributed by atoms with Crippen molar-refractivity contribution in [3.8, 4) is 0 Å². The number of benzene rings is 1. The van der Waals surface area contributed by atoms with E-state index in [2.05, 4.69) is 0 Å². The van der Waals surface area contributed by atoms with Crippen LogP contribution in [-0.2, 0) is 10.0 Å². The number of nitrogens with two attached hydrogens (primary N) is 1. The van der Waals surface area contributed by atoms with Crippen LogP contribution in [0.1, 0.15) is 25.3 Å². The van der Waals surface area contributed by atoms with E-state index in [9.17, 15) is 8.42 Å². The third kappa shape index (κ3) is 2.76. The van der Waals surface area contributed by atoms with E-state index in [1.807, 2.05) is 6.92 Å². The van der Waals surface area contributed by atoms with Crippen LogP contribution in [0.5, 0.6) is 0 Å². The minimum atomic E-state index is -3.54. The minimum Gasteiger partial charge on any atom is -0.389 e. The summed E-state index contributed by atoms with van der Waals surface area (Å²) < 4.78 is 26.5. The molecule has 0 saturated carbocycles. The fourth-order valence-corrected chi connectivity index (χ4v) is 4.60. The Labute approximate surface area is 123 Å². The second kappa shape index (κ2) is 5.36. The largest absolute Gasteiger partial charge is 0.389 e. The molecule has 1 aromatic rings. The van der Waals surface area contributed by atoms with Crippen LogP contribution in [0.25, 0.3) is 0 Å². The van der Waals surface area contributed by atoms with Gasteiger partial charge in [-0.2, -0.15) is 4.31 Å². The molecule has 1 aromatic carbocycles. The Balaban J connectivity index is 2.44. The second-order valence-corrected chi connectivity index (χ2v) is 7.32. The van der Waals surface area contributed by atoms with Gasteiger partial charge in [-0.25, -0.2) is 8.42 Å². The van der Waals surface area contributed by atoms with Crippen molar-refractivity contribution in [2.24, 2.45) is 5.73 Å². The average molecular weight is 319 g/mol. The third-order valence-corrected chi connectivity index (χ3v) is 6.03. The van der Waals surface area contributed by atoms with E-state index in [0.29, 0.717) is 12.1 Å². The summed E-state index contributed by atoms with van der Waals surface area (Å²) in [5, 5.41) is 0.157. The van der Waals surface area contributed by atoms with Crippen LogP contribution in [0.2, 0.25) is 5.02 Å². The van der Waals surface area contributed by atoms with Gasteiger partial charge in [0.2, 0.25) is 10.0 Å². The number of nitrogens with zero attached hydrogens (tertiary/aromatic N) is 1. The molecule has 4 nitrogen and oxygen atoms in total. The van der Waals surface area contributed by atoms with Gasteiger partial charge in [-0.3, -0.25) is 0 Å². The van der Waals surface area contributed by atoms with E-state index < -0.39 is 10.0 Å². The standard InChI is InChI=1S/C12H15ClN2O2S2/c1-8-3-2-6-15(8)19(16,17)11-5-4-9(12(14)18)7-10(11)13/h4-5,7-8H,2-3,6H2,1H3,(H2,14,18). The number of hydrogen-bond donors (Lipinski definition) is 1. The molecule has 2 N–H and O–H groups in total. The van der Waals surface area contributed by atoms with Gasteiger partial charge in [0.05, 0.1) is 5.02 Å². The van der Waals surface area contributed by atoms with E-state index in [-0.39, 0.29) is 20.9 Å². The molecule has 1 heterocycles. The van der Waals surface area contributed by atoms with Crippen LogP contribution in [0.3, 0.4) is 0 Å². The van der Waals surface area contributed by atoms with Crippen LogP contribution in [0, 0.1) is 0 Å². The SMILES string of the molecule is CC1CCCN1S(=O)(=O)c1ccc(C(N)=S)cc1Cl. The first kappa shape index (κ1) is 14.7. The van der Waals surface area contributed by atoms with Gasteiger partial charge in [0, 0.05) is 18.2 Å². The highest BCUT2D eigenvalue weighted by atomic mass is 35.5. The van der Waals surface area contributed by atoms with E-state index in [4.69, 9.17) is 29.6 Å². The summed E-state index contributed by atoms with van der Waals surface area (Å²) in [6, 6.07) is 4.56. The third-order valence-electron chi connectivity index (χ3n) is 3.30. The van der Waals surface area contributed by atoms with Crippen LogP contribution in [0.15, 0.2) is 23.1 Å². The molecule has 1 saturated heterocycles. The van der Waals surface area contributed by atoms with Gasteiger partial charge in [0.15, 0.2) is 0 Å². The Morgan fingerprint density at radius 2 is 2.21 bits per heavy atom. The van der Waals surface area contributed by atoms with Crippen LogP contribution >= 0.6 is 23.8 Å². The lowest BCUT2D eigenvalue weighted by atomic mass is 10.2. The highest BCUT2D eigenvalue weighted by Gasteiger charge is 2.33. The quantitative estimate of drug-likeness (QED) is 0.867. The smallest absolute Gasteiger partial charge is 0.244 e. The molecule has 1 fully saturated rings. The molecule has 104 valence electrons. The van der Waals surface area contributed by atoms with Crippen molar-refractivity contribution in [1.29, 1.82) is 0 Å². The predicted octanol–water partition coefficient (Wildman–Crippen LogP) is 2.15. The molecule has 2 rings (SSSR count). The number of rotatable bonds is 3. The normalized spacial score (nSPS) is 20.6. The van der Waals surface area contributed by atoms with Crippen LogP contribution in [0.4, 0.5) is 0 Å². The molecule has 1 aliphatic rings. The van der Waals surface area contributed by atoms with Gasteiger partial charge in [-0.15, -0.1) is 0 Å². The molecule has 7 heteroatoms. The molecular weight excluding hydrogens is 304 g/mol. The first-order valence-electron chi connectivity index (χ1n) is 5.95. The number of halogens is 1. The molecule has 0 aliphatic carbocycles. The van der Waals surface area contributed by atoms with Crippen LogP contribution < -0.4 is 5.73 Å². The first-order chi connectivity index (χ1) is 8.84. The van der Waals surface area contributed by atoms with Gasteiger partial charge in [-0.1, -0.05) is 29.9 Å². The van der Waals surface area contributed by atoms with Crippen molar-refractivity contribution in [1.82, 2.24) is 4.31 Å². The van der Waals surface area contributed by atoms with Crippen molar-refractivity contribution in [2.75, 3.05) is 6.54 Å². The fraction of sp³-hybridized carbons (Fsp3) is 0.417. The molecule has 1 aliphatic heterocycles. The summed E-state index contributed by atoms with van der Waals surface area (Å²) in [4.78, 5) is 0.309. The fourth-order valence-electron chi connectivity index (χ4n) is 2.25. The Bertz CT molecular complexity index is 616. The van der Waals surface area contributed by atoms with Gasteiger partial charge < -0.3 is 5.73 Å². The molecule has 0 amide bonds. The predicted molar refractivity (Wildman–Crippen MR) is 79.9 cm³/mol. The highest BCUT2D eigenvalue weighted by Crippen LogP contribution is 2.30. The maximum Gasteiger partial charge on any atom is 0.244 e. The van der Waals surface area contributed by atoms with E-state index in [0.717, 1.165) is 12.8 Å². The summed E-state index contributed by atoms with van der Waals surface area (Å²) in [6.07, 6.45) is 1.75. The zero-order valence-electron chi connectivity index (χ0n) is 10.5. The molecule has 0 radical (unpaired) electrons. The Morgan fingerprint density at radius 3 is 2.68 bits per heavy atom. The zero-order chi connectivity index (χ0) is 14.2. The molecule has 0 spiro atoms. The number of sulfonamides is 1. The topological polar surface area (TPSA) is 63.4 Å². The lowest BCUT2D eigenvalue weighted by molar-refractivity contribution is 0.408. The Hall–Kier alpha value is -0.690. The van der Waals surface area contributed by atoms with Crippen molar-refractivity contribution in [3.63, 3.8) is 0 Å². The molecular formula is C12H15ClN2O2S2. The maximum atomic E-state index is 12.5. The molecule has 1 unspecified atom stereocenters. The molecule has 0 aromatic heterocycles. The minimum absolute atomic E-state index is 0.0105. The summed E-state index contributed by atoms with van der Waals surface area (Å²) >= 11 is 10.9. The van der Waals surface area contributed by atoms with Crippen molar-refractivity contribution in [2.45, 2.75) is 30.7 Å². The Kier molecular flexibility index (Phi) is 4.15. The summed E-state index contributed by atoms with van der Waals surface area (Å²) in [7, 11) is -3.54. The Morgan fingerprint density at radius 1 is 1.53 bits per heavy atom. The summed E-state index contributed by atoms with van der Waals surface area (Å²) in [5.74, 6) is 0. The molecule has 1 atom stereocenters. The van der Waals surface area contributed by atoms with E-state index >= 15 is 0 Å². The summed E-state index contributed by atoms with van der Waals surface area (Å²) in [6.45, 7) is 2.44. The van der Waals surface area contributed by atoms with Crippen molar-refractivity contribution >= 4 is 38.8 Å². The number of thiocarbonyl (C=S) groups is 1. The van der Waals surface area contributed by atoms with Gasteiger partial charge in [0.1, 0.15) is 9.88 Å². The zero-order valence-corrected chi connectivity index (χ0v) is 12.9. The van der Waals surface area contributed by atoms with Crippen molar-refractivity contribution in [3.05, 3.63) is 28.8 Å². The van der Waals surface area contributed by atoms with Crippen LogP contribution in [-0.4, -0.2) is 30.3 Å². The van der Waals surface area contributed by atoms with E-state index in [1.54, 1.807) is 6.07 Å². The molecule has 19 heavy (non-hydrogen) atoms. The first-order valence-corrected chi connectivity index (χ1v) is 8.18. The monoisotopic (exact) mass is 318 g/mol. The average Bonchev–Trinajstić information content (AvgIpc) is 2.75. The van der Waals surface area contributed by atoms with E-state index in [1.165, 1.54) is 16.4 Å². The lowest BCUT2D eigenvalue weighted by Crippen LogP contribution is -2.33. The van der Waals surface area contributed by atoms with Gasteiger partial charge in [-0.05, 0) is 31.9 Å². The van der Waals surface area contributed by atoms with Gasteiger partial charge in [0.25, 0.3) is 0 Å².